The van der Waals surface area contributed by atoms with Gasteiger partial charge in [0.25, 0.3) is 0 Å². The summed E-state index contributed by atoms with van der Waals surface area (Å²) < 4.78 is 0. The maximum Gasteiger partial charge on any atom is 0.303 e. The summed E-state index contributed by atoms with van der Waals surface area (Å²) in [6.07, 6.45) is 4.56. The lowest BCUT2D eigenvalue weighted by molar-refractivity contribution is -0.137. The lowest BCUT2D eigenvalue weighted by Crippen LogP contribution is -2.20. The molecule has 0 atom stereocenters. The number of aromatic nitrogens is 1. The molecule has 1 N–H and O–H groups in total. The normalized spacial score (nSPS) is 10.7. The van der Waals surface area contributed by atoms with Gasteiger partial charge in [0.2, 0.25) is 0 Å². The standard InChI is InChI=1S/C12H18N2O2/c1-10-5-6-13-8-11(10)9-14(2)7-3-4-12(15)16/h5-6,8H,3-4,7,9H2,1-2H3,(H,15,16). The van der Waals surface area contributed by atoms with E-state index in [9.17, 15) is 4.79 Å². The van der Waals surface area contributed by atoms with Crippen molar-refractivity contribution in [3.63, 3.8) is 0 Å². The quantitative estimate of drug-likeness (QED) is 0.795. The first-order valence-corrected chi connectivity index (χ1v) is 5.39. The molecule has 0 bridgehead atoms. The van der Waals surface area contributed by atoms with Crippen LogP contribution in [-0.2, 0) is 11.3 Å². The molecule has 4 nitrogen and oxygen atoms in total. The van der Waals surface area contributed by atoms with Gasteiger partial charge >= 0.3 is 5.97 Å². The average molecular weight is 222 g/mol. The highest BCUT2D eigenvalue weighted by Gasteiger charge is 2.04. The molecule has 1 aromatic rings. The number of carboxylic acids is 1. The highest BCUT2D eigenvalue weighted by atomic mass is 16.4. The summed E-state index contributed by atoms with van der Waals surface area (Å²) in [5.41, 5.74) is 2.42. The molecule has 0 saturated carbocycles. The van der Waals surface area contributed by atoms with Crippen LogP contribution in [0.15, 0.2) is 18.5 Å². The minimum Gasteiger partial charge on any atom is -0.481 e. The number of nitrogens with zero attached hydrogens (tertiary/aromatic N) is 2. The zero-order chi connectivity index (χ0) is 12.0. The molecule has 0 saturated heterocycles. The molecular weight excluding hydrogens is 204 g/mol. The van der Waals surface area contributed by atoms with E-state index in [1.165, 1.54) is 11.1 Å². The minimum absolute atomic E-state index is 0.233. The lowest BCUT2D eigenvalue weighted by Gasteiger charge is -2.16. The molecule has 0 unspecified atom stereocenters. The molecule has 0 radical (unpaired) electrons. The molecule has 88 valence electrons. The van der Waals surface area contributed by atoms with Crippen LogP contribution in [0.4, 0.5) is 0 Å². The van der Waals surface area contributed by atoms with Crippen LogP contribution in [0.5, 0.6) is 0 Å². The molecule has 16 heavy (non-hydrogen) atoms. The first-order chi connectivity index (χ1) is 7.59. The summed E-state index contributed by atoms with van der Waals surface area (Å²) in [7, 11) is 1.99. The van der Waals surface area contributed by atoms with Crippen LogP contribution in [0.2, 0.25) is 0 Å². The maximum absolute atomic E-state index is 10.4. The summed E-state index contributed by atoms with van der Waals surface area (Å²) >= 11 is 0. The van der Waals surface area contributed by atoms with Crippen molar-refractivity contribution in [3.8, 4) is 0 Å². The summed E-state index contributed by atoms with van der Waals surface area (Å²) in [6.45, 7) is 3.67. The summed E-state index contributed by atoms with van der Waals surface area (Å²) in [6, 6.07) is 1.99. The molecule has 0 spiro atoms. The van der Waals surface area contributed by atoms with Crippen LogP contribution >= 0.6 is 0 Å². The van der Waals surface area contributed by atoms with Gasteiger partial charge in [0.1, 0.15) is 0 Å². The fraction of sp³-hybridized carbons (Fsp3) is 0.500. The van der Waals surface area contributed by atoms with Crippen molar-refractivity contribution in [2.45, 2.75) is 26.3 Å². The Morgan fingerprint density at radius 2 is 2.31 bits per heavy atom. The van der Waals surface area contributed by atoms with Crippen molar-refractivity contribution in [3.05, 3.63) is 29.6 Å². The molecule has 1 heterocycles. The van der Waals surface area contributed by atoms with Gasteiger partial charge in [-0.1, -0.05) is 0 Å². The van der Waals surface area contributed by atoms with Crippen LogP contribution in [0, 0.1) is 6.92 Å². The highest BCUT2D eigenvalue weighted by Crippen LogP contribution is 2.08. The van der Waals surface area contributed by atoms with Gasteiger partial charge in [-0.05, 0) is 44.1 Å². The van der Waals surface area contributed by atoms with Crippen molar-refractivity contribution in [2.24, 2.45) is 0 Å². The van der Waals surface area contributed by atoms with Crippen LogP contribution in [0.25, 0.3) is 0 Å². The van der Waals surface area contributed by atoms with Crippen molar-refractivity contribution < 1.29 is 9.90 Å². The van der Waals surface area contributed by atoms with E-state index in [4.69, 9.17) is 5.11 Å². The molecule has 1 rings (SSSR count). The molecule has 1 aromatic heterocycles. The van der Waals surface area contributed by atoms with Gasteiger partial charge < -0.3 is 10.0 Å². The van der Waals surface area contributed by atoms with Gasteiger partial charge in [-0.15, -0.1) is 0 Å². The molecule has 0 aliphatic heterocycles. The molecule has 0 aromatic carbocycles. The van der Waals surface area contributed by atoms with Gasteiger partial charge in [-0.25, -0.2) is 0 Å². The Kier molecular flexibility index (Phi) is 4.92. The second-order valence-electron chi connectivity index (χ2n) is 4.04. The van der Waals surface area contributed by atoms with Gasteiger partial charge in [0.05, 0.1) is 0 Å². The first kappa shape index (κ1) is 12.6. The third-order valence-electron chi connectivity index (χ3n) is 2.52. The third-order valence-corrected chi connectivity index (χ3v) is 2.52. The largest absolute Gasteiger partial charge is 0.481 e. The number of pyridine rings is 1. The second-order valence-corrected chi connectivity index (χ2v) is 4.04. The number of hydrogen-bond donors (Lipinski definition) is 1. The van der Waals surface area contributed by atoms with E-state index < -0.39 is 5.97 Å². The van der Waals surface area contributed by atoms with Crippen molar-refractivity contribution in [2.75, 3.05) is 13.6 Å². The third kappa shape index (κ3) is 4.40. The lowest BCUT2D eigenvalue weighted by atomic mass is 10.1. The van der Waals surface area contributed by atoms with Crippen LogP contribution in [0.1, 0.15) is 24.0 Å². The van der Waals surface area contributed by atoms with Crippen molar-refractivity contribution >= 4 is 5.97 Å². The molecule has 0 fully saturated rings. The average Bonchev–Trinajstić information content (AvgIpc) is 2.21. The summed E-state index contributed by atoms with van der Waals surface area (Å²) in [4.78, 5) is 16.6. The van der Waals surface area contributed by atoms with E-state index in [0.717, 1.165) is 13.1 Å². The molecule has 0 aliphatic carbocycles. The Balaban J connectivity index is 2.37. The Morgan fingerprint density at radius 3 is 2.94 bits per heavy atom. The number of hydrogen-bond acceptors (Lipinski definition) is 3. The smallest absolute Gasteiger partial charge is 0.303 e. The van der Waals surface area contributed by atoms with Crippen LogP contribution in [0.3, 0.4) is 0 Å². The highest BCUT2D eigenvalue weighted by molar-refractivity contribution is 5.66. The zero-order valence-electron chi connectivity index (χ0n) is 9.81. The van der Waals surface area contributed by atoms with E-state index >= 15 is 0 Å². The van der Waals surface area contributed by atoms with Crippen LogP contribution < -0.4 is 0 Å². The monoisotopic (exact) mass is 222 g/mol. The van der Waals surface area contributed by atoms with Crippen molar-refractivity contribution in [1.82, 2.24) is 9.88 Å². The number of aryl methyl sites for hydroxylation is 1. The summed E-state index contributed by atoms with van der Waals surface area (Å²) in [5, 5.41) is 8.53. The molecule has 4 heteroatoms. The van der Waals surface area contributed by atoms with Crippen LogP contribution in [-0.4, -0.2) is 34.6 Å². The fourth-order valence-corrected chi connectivity index (χ4v) is 1.53. The zero-order valence-corrected chi connectivity index (χ0v) is 9.81. The van der Waals surface area contributed by atoms with Gasteiger partial charge in [-0.2, -0.15) is 0 Å². The number of rotatable bonds is 6. The number of aliphatic carboxylic acids is 1. The number of carboxylic acid groups (broad SMARTS) is 1. The summed E-state index contributed by atoms with van der Waals surface area (Å²) in [5.74, 6) is -0.731. The van der Waals surface area contributed by atoms with E-state index in [2.05, 4.69) is 16.8 Å². The van der Waals surface area contributed by atoms with Gasteiger partial charge in [0.15, 0.2) is 0 Å². The fourth-order valence-electron chi connectivity index (χ4n) is 1.53. The van der Waals surface area contributed by atoms with Gasteiger partial charge in [0, 0.05) is 25.4 Å². The first-order valence-electron chi connectivity index (χ1n) is 5.39. The van der Waals surface area contributed by atoms with E-state index in [0.29, 0.717) is 6.42 Å². The molecule has 0 amide bonds. The Hall–Kier alpha value is -1.42. The minimum atomic E-state index is -0.731. The predicted molar refractivity (Wildman–Crippen MR) is 62.2 cm³/mol. The van der Waals surface area contributed by atoms with E-state index in [1.54, 1.807) is 6.20 Å². The SMILES string of the molecule is Cc1ccncc1CN(C)CCCC(=O)O. The van der Waals surface area contributed by atoms with E-state index in [1.807, 2.05) is 19.3 Å². The predicted octanol–water partition coefficient (Wildman–Crippen LogP) is 1.69. The molecular formula is C12H18N2O2. The number of carbonyl (C=O) groups is 1. The Bertz CT molecular complexity index is 353. The maximum atomic E-state index is 10.4. The van der Waals surface area contributed by atoms with Crippen molar-refractivity contribution in [1.29, 1.82) is 0 Å². The topological polar surface area (TPSA) is 53.4 Å². The Morgan fingerprint density at radius 1 is 1.56 bits per heavy atom. The van der Waals surface area contributed by atoms with E-state index in [-0.39, 0.29) is 6.42 Å². The Labute approximate surface area is 95.9 Å². The van der Waals surface area contributed by atoms with Gasteiger partial charge in [-0.3, -0.25) is 9.78 Å². The molecule has 0 aliphatic rings. The second kappa shape index (κ2) is 6.23.